The molecule has 0 radical (unpaired) electrons. The second-order valence-electron chi connectivity index (χ2n) is 11.5. The van der Waals surface area contributed by atoms with Crippen LogP contribution in [0.1, 0.15) is 50.1 Å². The van der Waals surface area contributed by atoms with Crippen LogP contribution in [0.4, 0.5) is 0 Å². The number of ether oxygens (including phenoxy) is 2. The highest BCUT2D eigenvalue weighted by molar-refractivity contribution is 7.09. The van der Waals surface area contributed by atoms with Gasteiger partial charge in [-0.15, -0.1) is 11.3 Å². The van der Waals surface area contributed by atoms with Crippen LogP contribution >= 0.6 is 11.3 Å². The zero-order valence-electron chi connectivity index (χ0n) is 26.8. The number of carbonyl (C=O) groups excluding carboxylic acids is 1. The van der Waals surface area contributed by atoms with Crippen molar-refractivity contribution >= 4 is 28.1 Å². The molecule has 0 saturated heterocycles. The smallest absolute Gasteiger partial charge is 0.270 e. The maximum atomic E-state index is 13.2. The molecule has 0 atom stereocenters. The van der Waals surface area contributed by atoms with E-state index in [4.69, 9.17) is 14.5 Å². The van der Waals surface area contributed by atoms with Crippen molar-refractivity contribution in [2.75, 3.05) is 27.3 Å². The number of aromatic nitrogens is 2. The molecule has 8 heteroatoms. The lowest BCUT2D eigenvalue weighted by Gasteiger charge is -2.22. The molecule has 1 amide bonds. The number of para-hydroxylation sites is 1. The summed E-state index contributed by atoms with van der Waals surface area (Å²) in [6.07, 6.45) is 3.76. The number of nitrogens with zero attached hydrogens (tertiary/aromatic N) is 2. The molecule has 6 aromatic rings. The van der Waals surface area contributed by atoms with E-state index in [0.29, 0.717) is 25.3 Å². The van der Waals surface area contributed by atoms with Gasteiger partial charge in [0.2, 0.25) is 0 Å². The Morgan fingerprint density at radius 3 is 2.32 bits per heavy atom. The van der Waals surface area contributed by atoms with Gasteiger partial charge in [0, 0.05) is 59.7 Å². The number of hydrogen-bond donors (Lipinski definition) is 2. The van der Waals surface area contributed by atoms with Gasteiger partial charge in [-0.05, 0) is 41.7 Å². The lowest BCUT2D eigenvalue weighted by Crippen LogP contribution is -2.27. The number of hydrogen-bond acceptors (Lipinski definition) is 6. The van der Waals surface area contributed by atoms with Gasteiger partial charge < -0.3 is 19.8 Å². The molecule has 240 valence electrons. The molecule has 0 aliphatic carbocycles. The molecule has 4 aromatic carbocycles. The SMILES string of the molecule is COc1ccc(CN(CCc2c[nH]c3ccccc23)Cc2nc(C(=O)NCCC(c3ccccc3)c3ccccc3)cs2)c(OC)c1. The van der Waals surface area contributed by atoms with E-state index < -0.39 is 0 Å². The summed E-state index contributed by atoms with van der Waals surface area (Å²) in [6.45, 7) is 2.63. The van der Waals surface area contributed by atoms with Gasteiger partial charge in [0.05, 0.1) is 20.8 Å². The van der Waals surface area contributed by atoms with E-state index in [2.05, 4.69) is 94.2 Å². The number of benzene rings is 4. The monoisotopic (exact) mass is 644 g/mol. The highest BCUT2D eigenvalue weighted by atomic mass is 32.1. The van der Waals surface area contributed by atoms with E-state index in [9.17, 15) is 4.79 Å². The van der Waals surface area contributed by atoms with Gasteiger partial charge in [0.15, 0.2) is 0 Å². The van der Waals surface area contributed by atoms with Crippen molar-refractivity contribution in [3.8, 4) is 11.5 Å². The van der Waals surface area contributed by atoms with Crippen molar-refractivity contribution in [1.29, 1.82) is 0 Å². The summed E-state index contributed by atoms with van der Waals surface area (Å²) in [7, 11) is 3.34. The first-order chi connectivity index (χ1) is 23.1. The van der Waals surface area contributed by atoms with Crippen molar-refractivity contribution in [3.63, 3.8) is 0 Å². The normalized spacial score (nSPS) is 11.3. The summed E-state index contributed by atoms with van der Waals surface area (Å²) in [4.78, 5) is 23.8. The van der Waals surface area contributed by atoms with Crippen LogP contribution in [0.2, 0.25) is 0 Å². The standard InChI is InChI=1S/C39H40N4O3S/c1-45-32-18-17-31(37(23-32)46-2)25-43(22-20-30-24-41-35-16-10-9-15-34(30)35)26-38-42-36(27-47-38)39(44)40-21-19-33(28-11-5-3-6-12-28)29-13-7-4-8-14-29/h3-18,23-24,27,33,41H,19-22,25-26H2,1-2H3,(H,40,44). The highest BCUT2D eigenvalue weighted by Crippen LogP contribution is 2.29. The zero-order chi connectivity index (χ0) is 32.4. The van der Waals surface area contributed by atoms with Gasteiger partial charge >= 0.3 is 0 Å². The van der Waals surface area contributed by atoms with E-state index in [1.54, 1.807) is 14.2 Å². The number of nitrogens with one attached hydrogen (secondary N) is 2. The van der Waals surface area contributed by atoms with Gasteiger partial charge in [-0.2, -0.15) is 0 Å². The molecular formula is C39H40N4O3S. The Hall–Kier alpha value is -4.92. The third-order valence-corrected chi connectivity index (χ3v) is 9.36. The van der Waals surface area contributed by atoms with Gasteiger partial charge in [0.25, 0.3) is 5.91 Å². The second-order valence-corrected chi connectivity index (χ2v) is 12.5. The van der Waals surface area contributed by atoms with Crippen LogP contribution in [0.15, 0.2) is 115 Å². The van der Waals surface area contributed by atoms with Crippen molar-refractivity contribution < 1.29 is 14.3 Å². The van der Waals surface area contributed by atoms with Crippen LogP contribution in [0, 0.1) is 0 Å². The maximum Gasteiger partial charge on any atom is 0.270 e. The molecule has 0 aliphatic heterocycles. The molecule has 0 bridgehead atoms. The van der Waals surface area contributed by atoms with Crippen molar-refractivity contribution in [1.82, 2.24) is 20.2 Å². The van der Waals surface area contributed by atoms with Crippen LogP contribution in [0.25, 0.3) is 10.9 Å². The number of fused-ring (bicyclic) bond motifs is 1. The first kappa shape index (κ1) is 32.0. The number of carbonyl (C=O) groups is 1. The molecule has 47 heavy (non-hydrogen) atoms. The maximum absolute atomic E-state index is 13.2. The predicted octanol–water partition coefficient (Wildman–Crippen LogP) is 7.84. The third kappa shape index (κ3) is 8.09. The van der Waals surface area contributed by atoms with E-state index >= 15 is 0 Å². The largest absolute Gasteiger partial charge is 0.497 e. The Morgan fingerprint density at radius 1 is 0.872 bits per heavy atom. The number of amides is 1. The minimum atomic E-state index is -0.144. The molecule has 2 aromatic heterocycles. The lowest BCUT2D eigenvalue weighted by molar-refractivity contribution is 0.0948. The van der Waals surface area contributed by atoms with E-state index in [-0.39, 0.29) is 11.8 Å². The molecule has 2 heterocycles. The summed E-state index contributed by atoms with van der Waals surface area (Å²) in [5.41, 5.74) is 6.42. The van der Waals surface area contributed by atoms with E-state index in [1.807, 2.05) is 35.7 Å². The van der Waals surface area contributed by atoms with Crippen LogP contribution in [-0.2, 0) is 19.5 Å². The molecule has 0 spiro atoms. The third-order valence-electron chi connectivity index (χ3n) is 8.53. The summed E-state index contributed by atoms with van der Waals surface area (Å²) in [5.74, 6) is 1.59. The van der Waals surface area contributed by atoms with Crippen molar-refractivity contribution in [2.24, 2.45) is 0 Å². The molecule has 0 aliphatic rings. The zero-order valence-corrected chi connectivity index (χ0v) is 27.6. The number of rotatable bonds is 15. The van der Waals surface area contributed by atoms with Gasteiger partial charge in [-0.3, -0.25) is 9.69 Å². The summed E-state index contributed by atoms with van der Waals surface area (Å²) in [5, 5.41) is 7.12. The van der Waals surface area contributed by atoms with Crippen LogP contribution in [0.3, 0.4) is 0 Å². The van der Waals surface area contributed by atoms with Crippen molar-refractivity contribution in [3.05, 3.63) is 148 Å². The lowest BCUT2D eigenvalue weighted by atomic mass is 9.88. The van der Waals surface area contributed by atoms with Gasteiger partial charge in [-0.1, -0.05) is 84.9 Å². The number of aromatic amines is 1. The average molecular weight is 645 g/mol. The minimum Gasteiger partial charge on any atom is -0.497 e. The number of thiazole rings is 1. The van der Waals surface area contributed by atoms with Crippen LogP contribution in [0.5, 0.6) is 11.5 Å². The van der Waals surface area contributed by atoms with E-state index in [0.717, 1.165) is 47.0 Å². The van der Waals surface area contributed by atoms with Gasteiger partial charge in [-0.25, -0.2) is 4.98 Å². The molecule has 0 unspecified atom stereocenters. The first-order valence-electron chi connectivity index (χ1n) is 15.9. The fourth-order valence-electron chi connectivity index (χ4n) is 6.05. The molecule has 0 fully saturated rings. The van der Waals surface area contributed by atoms with Gasteiger partial charge in [0.1, 0.15) is 22.2 Å². The number of H-pyrrole nitrogens is 1. The van der Waals surface area contributed by atoms with Crippen LogP contribution < -0.4 is 14.8 Å². The molecule has 6 rings (SSSR count). The summed E-state index contributed by atoms with van der Waals surface area (Å²) < 4.78 is 11.1. The average Bonchev–Trinajstić information content (AvgIpc) is 3.77. The molecule has 0 saturated carbocycles. The Morgan fingerprint density at radius 2 is 1.60 bits per heavy atom. The van der Waals surface area contributed by atoms with Crippen molar-refractivity contribution in [2.45, 2.75) is 31.8 Å². The molecule has 2 N–H and O–H groups in total. The summed E-state index contributed by atoms with van der Waals surface area (Å²) >= 11 is 1.52. The quantitative estimate of drug-likeness (QED) is 0.119. The molecule has 7 nitrogen and oxygen atoms in total. The highest BCUT2D eigenvalue weighted by Gasteiger charge is 2.18. The van der Waals surface area contributed by atoms with E-state index in [1.165, 1.54) is 33.4 Å². The van der Waals surface area contributed by atoms with Crippen LogP contribution in [-0.4, -0.2) is 48.1 Å². The fourth-order valence-corrected chi connectivity index (χ4v) is 6.87. The molecular weight excluding hydrogens is 605 g/mol. The topological polar surface area (TPSA) is 79.5 Å². The Kier molecular flexibility index (Phi) is 10.6. The predicted molar refractivity (Wildman–Crippen MR) is 189 cm³/mol. The first-order valence-corrected chi connectivity index (χ1v) is 16.8. The Labute approximate surface area is 280 Å². The Bertz CT molecular complexity index is 1850. The second kappa shape index (κ2) is 15.6. The minimum absolute atomic E-state index is 0.144. The number of methoxy groups -OCH3 is 2. The fraction of sp³-hybridized carbons (Fsp3) is 0.231. The Balaban J connectivity index is 1.13. The summed E-state index contributed by atoms with van der Waals surface area (Å²) in [6, 6.07) is 35.2.